The molecular formula is C12H18N2. The quantitative estimate of drug-likeness (QED) is 0.718. The number of benzene rings is 1. The Morgan fingerprint density at radius 3 is 2.57 bits per heavy atom. The molecule has 0 fully saturated rings. The van der Waals surface area contributed by atoms with Gasteiger partial charge < -0.3 is 11.5 Å². The fraction of sp³-hybridized carbons (Fsp3) is 0.333. The third kappa shape index (κ3) is 2.36. The van der Waals surface area contributed by atoms with Crippen LogP contribution in [0.4, 0.5) is 5.69 Å². The summed E-state index contributed by atoms with van der Waals surface area (Å²) in [5, 5.41) is 0. The van der Waals surface area contributed by atoms with Crippen molar-refractivity contribution in [1.29, 1.82) is 0 Å². The van der Waals surface area contributed by atoms with Gasteiger partial charge in [0.25, 0.3) is 0 Å². The van der Waals surface area contributed by atoms with Gasteiger partial charge in [0.15, 0.2) is 0 Å². The summed E-state index contributed by atoms with van der Waals surface area (Å²) in [4.78, 5) is 0. The maximum atomic E-state index is 5.80. The fourth-order valence-corrected chi connectivity index (χ4v) is 1.35. The smallest absolute Gasteiger partial charge is 0.0346 e. The lowest BCUT2D eigenvalue weighted by Gasteiger charge is -2.07. The van der Waals surface area contributed by atoms with Gasteiger partial charge in [-0.05, 0) is 49.6 Å². The zero-order valence-corrected chi connectivity index (χ0v) is 8.88. The van der Waals surface area contributed by atoms with Gasteiger partial charge in [-0.25, -0.2) is 0 Å². The minimum Gasteiger partial charge on any atom is -0.399 e. The monoisotopic (exact) mass is 190 g/mol. The van der Waals surface area contributed by atoms with Crippen LogP contribution in [0.5, 0.6) is 0 Å². The molecule has 0 unspecified atom stereocenters. The minimum absolute atomic E-state index is 0.698. The highest BCUT2D eigenvalue weighted by molar-refractivity contribution is 5.62. The fourth-order valence-electron chi connectivity index (χ4n) is 1.35. The van der Waals surface area contributed by atoms with E-state index in [-0.39, 0.29) is 0 Å². The van der Waals surface area contributed by atoms with Crippen molar-refractivity contribution in [2.45, 2.75) is 20.3 Å². The van der Waals surface area contributed by atoms with E-state index in [4.69, 9.17) is 11.5 Å². The molecule has 0 spiro atoms. The van der Waals surface area contributed by atoms with E-state index >= 15 is 0 Å². The van der Waals surface area contributed by atoms with Gasteiger partial charge in [0.2, 0.25) is 0 Å². The van der Waals surface area contributed by atoms with Gasteiger partial charge in [0, 0.05) is 5.69 Å². The lowest BCUT2D eigenvalue weighted by molar-refractivity contribution is 1.01. The van der Waals surface area contributed by atoms with Gasteiger partial charge in [0.05, 0.1) is 0 Å². The van der Waals surface area contributed by atoms with Gasteiger partial charge in [0.1, 0.15) is 0 Å². The SMILES string of the molecule is Cc1c(N)ccc(C=CCCN)c1C. The highest BCUT2D eigenvalue weighted by atomic mass is 14.6. The molecule has 0 aliphatic carbocycles. The van der Waals surface area contributed by atoms with Crippen molar-refractivity contribution < 1.29 is 0 Å². The average molecular weight is 190 g/mol. The molecule has 14 heavy (non-hydrogen) atoms. The van der Waals surface area contributed by atoms with Crippen LogP contribution in [0.1, 0.15) is 23.1 Å². The molecule has 76 valence electrons. The van der Waals surface area contributed by atoms with E-state index in [0.29, 0.717) is 6.54 Å². The van der Waals surface area contributed by atoms with E-state index in [9.17, 15) is 0 Å². The molecule has 2 heteroatoms. The first-order valence-electron chi connectivity index (χ1n) is 4.89. The van der Waals surface area contributed by atoms with Crippen molar-refractivity contribution in [1.82, 2.24) is 0 Å². The molecule has 0 bridgehead atoms. The van der Waals surface area contributed by atoms with Crippen LogP contribution in [0.2, 0.25) is 0 Å². The number of hydrogen-bond acceptors (Lipinski definition) is 2. The van der Waals surface area contributed by atoms with Gasteiger partial charge in [-0.15, -0.1) is 0 Å². The van der Waals surface area contributed by atoms with Crippen LogP contribution in [-0.4, -0.2) is 6.54 Å². The predicted molar refractivity (Wildman–Crippen MR) is 63.0 cm³/mol. The maximum absolute atomic E-state index is 5.80. The highest BCUT2D eigenvalue weighted by Crippen LogP contribution is 2.20. The van der Waals surface area contributed by atoms with Crippen molar-refractivity contribution >= 4 is 11.8 Å². The first-order chi connectivity index (χ1) is 6.66. The molecule has 1 aromatic rings. The first kappa shape index (κ1) is 10.8. The Morgan fingerprint density at radius 1 is 1.21 bits per heavy atom. The van der Waals surface area contributed by atoms with Crippen LogP contribution >= 0.6 is 0 Å². The van der Waals surface area contributed by atoms with Gasteiger partial charge >= 0.3 is 0 Å². The van der Waals surface area contributed by atoms with Crippen LogP contribution in [0.25, 0.3) is 6.08 Å². The van der Waals surface area contributed by atoms with Crippen molar-refractivity contribution in [3.8, 4) is 0 Å². The Balaban J connectivity index is 2.94. The summed E-state index contributed by atoms with van der Waals surface area (Å²) in [5.74, 6) is 0. The van der Waals surface area contributed by atoms with E-state index in [1.165, 1.54) is 16.7 Å². The molecule has 4 N–H and O–H groups in total. The molecule has 0 heterocycles. The molecule has 1 aromatic carbocycles. The standard InChI is InChI=1S/C12H18N2/c1-9-10(2)12(14)7-6-11(9)5-3-4-8-13/h3,5-7H,4,8,13-14H2,1-2H3. The first-order valence-corrected chi connectivity index (χ1v) is 4.89. The van der Waals surface area contributed by atoms with Gasteiger partial charge in [-0.3, -0.25) is 0 Å². The second-order valence-electron chi connectivity index (χ2n) is 3.47. The van der Waals surface area contributed by atoms with Crippen LogP contribution in [0, 0.1) is 13.8 Å². The summed E-state index contributed by atoms with van der Waals surface area (Å²) in [7, 11) is 0. The van der Waals surface area contributed by atoms with Gasteiger partial charge in [-0.1, -0.05) is 18.2 Å². The molecule has 0 aromatic heterocycles. The summed E-state index contributed by atoms with van der Waals surface area (Å²) in [6.07, 6.45) is 5.12. The largest absolute Gasteiger partial charge is 0.399 e. The summed E-state index contributed by atoms with van der Waals surface area (Å²) >= 11 is 0. The van der Waals surface area contributed by atoms with Gasteiger partial charge in [-0.2, -0.15) is 0 Å². The number of nitrogens with two attached hydrogens (primary N) is 2. The second-order valence-corrected chi connectivity index (χ2v) is 3.47. The third-order valence-electron chi connectivity index (χ3n) is 2.50. The molecule has 0 saturated heterocycles. The minimum atomic E-state index is 0.698. The van der Waals surface area contributed by atoms with Crippen molar-refractivity contribution in [3.05, 3.63) is 34.9 Å². The number of hydrogen-bond donors (Lipinski definition) is 2. The van der Waals surface area contributed by atoms with Crippen molar-refractivity contribution in [3.63, 3.8) is 0 Å². The van der Waals surface area contributed by atoms with Crippen molar-refractivity contribution in [2.24, 2.45) is 5.73 Å². The molecule has 0 saturated carbocycles. The summed E-state index contributed by atoms with van der Waals surface area (Å²) in [6, 6.07) is 4.00. The third-order valence-corrected chi connectivity index (χ3v) is 2.50. The number of nitrogen functional groups attached to an aromatic ring is 1. The Labute approximate surface area is 85.6 Å². The zero-order chi connectivity index (χ0) is 10.6. The van der Waals surface area contributed by atoms with Crippen LogP contribution < -0.4 is 11.5 Å². The van der Waals surface area contributed by atoms with Crippen molar-refractivity contribution in [2.75, 3.05) is 12.3 Å². The normalized spacial score (nSPS) is 11.1. The lowest BCUT2D eigenvalue weighted by atomic mass is 10.0. The molecule has 0 radical (unpaired) electrons. The molecule has 0 aliphatic rings. The van der Waals surface area contributed by atoms with E-state index in [1.807, 2.05) is 19.1 Å². The Morgan fingerprint density at radius 2 is 1.93 bits per heavy atom. The second kappa shape index (κ2) is 4.82. The van der Waals surface area contributed by atoms with E-state index in [0.717, 1.165) is 12.1 Å². The molecule has 0 atom stereocenters. The number of rotatable bonds is 3. The van der Waals surface area contributed by atoms with Crippen LogP contribution in [-0.2, 0) is 0 Å². The molecule has 2 nitrogen and oxygen atoms in total. The lowest BCUT2D eigenvalue weighted by Crippen LogP contribution is -1.96. The zero-order valence-electron chi connectivity index (χ0n) is 8.88. The van der Waals surface area contributed by atoms with E-state index < -0.39 is 0 Å². The Kier molecular flexibility index (Phi) is 3.72. The number of anilines is 1. The topological polar surface area (TPSA) is 52.0 Å². The van der Waals surface area contributed by atoms with E-state index in [2.05, 4.69) is 19.1 Å². The average Bonchev–Trinajstić information content (AvgIpc) is 2.18. The highest BCUT2D eigenvalue weighted by Gasteiger charge is 2.00. The van der Waals surface area contributed by atoms with Crippen LogP contribution in [0.3, 0.4) is 0 Å². The summed E-state index contributed by atoms with van der Waals surface area (Å²) < 4.78 is 0. The Hall–Kier alpha value is -1.28. The molecule has 0 aliphatic heterocycles. The maximum Gasteiger partial charge on any atom is 0.0346 e. The Bertz CT molecular complexity index is 340. The predicted octanol–water partition coefficient (Wildman–Crippen LogP) is 2.25. The molecule has 0 amide bonds. The molecular weight excluding hydrogens is 172 g/mol. The summed E-state index contributed by atoms with van der Waals surface area (Å²) in [5.41, 5.74) is 15.7. The molecule has 1 rings (SSSR count). The van der Waals surface area contributed by atoms with E-state index in [1.54, 1.807) is 0 Å². The summed E-state index contributed by atoms with van der Waals surface area (Å²) in [6.45, 7) is 4.84. The van der Waals surface area contributed by atoms with Crippen LogP contribution in [0.15, 0.2) is 18.2 Å².